The van der Waals surface area contributed by atoms with E-state index in [-0.39, 0.29) is 72.2 Å². The van der Waals surface area contributed by atoms with Gasteiger partial charge in [-0.3, -0.25) is 0 Å². The van der Waals surface area contributed by atoms with E-state index in [9.17, 15) is 0 Å². The molecule has 0 heterocycles. The van der Waals surface area contributed by atoms with E-state index in [1.807, 2.05) is 0 Å². The van der Waals surface area contributed by atoms with Crippen molar-refractivity contribution in [1.29, 1.82) is 0 Å². The fourth-order valence-corrected chi connectivity index (χ4v) is 0. The molecule has 0 fully saturated rings. The van der Waals surface area contributed by atoms with Crippen LogP contribution in [0.1, 0.15) is 0 Å². The predicted molar refractivity (Wildman–Crippen MR) is 19.9 cm³/mol. The SMILES string of the molecule is [Fe].[MgH2].[Mo].[SiH4]. The molecule has 0 aliphatic rings. The van der Waals surface area contributed by atoms with Crippen LogP contribution in [0.2, 0.25) is 0 Å². The maximum absolute atomic E-state index is 0. The van der Waals surface area contributed by atoms with Crippen molar-refractivity contribution in [2.45, 2.75) is 0 Å². The monoisotopic (exact) mass is 212 g/mol. The second-order valence-electron chi connectivity index (χ2n) is 0. The van der Waals surface area contributed by atoms with Crippen molar-refractivity contribution in [3.05, 3.63) is 0 Å². The molecule has 0 amide bonds. The van der Waals surface area contributed by atoms with Gasteiger partial charge in [-0.05, 0) is 11.0 Å². The van der Waals surface area contributed by atoms with Crippen molar-refractivity contribution in [3.63, 3.8) is 0 Å². The molecule has 0 atom stereocenters. The van der Waals surface area contributed by atoms with Gasteiger partial charge in [0.15, 0.2) is 0 Å². The summed E-state index contributed by atoms with van der Waals surface area (Å²) < 4.78 is 0. The Morgan fingerprint density at radius 1 is 1.00 bits per heavy atom. The van der Waals surface area contributed by atoms with Gasteiger partial charge in [-0.1, -0.05) is 0 Å². The Labute approximate surface area is 71.4 Å². The van der Waals surface area contributed by atoms with E-state index in [0.29, 0.717) is 0 Å². The normalized spacial score (nSPS) is 0. The van der Waals surface area contributed by atoms with Crippen molar-refractivity contribution in [2.75, 3.05) is 0 Å². The van der Waals surface area contributed by atoms with Crippen LogP contribution in [-0.4, -0.2) is 34.0 Å². The van der Waals surface area contributed by atoms with Gasteiger partial charge in [-0.15, -0.1) is 0 Å². The van der Waals surface area contributed by atoms with E-state index in [1.54, 1.807) is 0 Å². The molecule has 0 aromatic heterocycles. The van der Waals surface area contributed by atoms with Crippen LogP contribution in [0.5, 0.6) is 0 Å². The molecule has 0 N–H and O–H groups in total. The number of rotatable bonds is 0. The Morgan fingerprint density at radius 3 is 1.00 bits per heavy atom. The third-order valence-corrected chi connectivity index (χ3v) is 0. The first-order valence-corrected chi connectivity index (χ1v) is 0. The van der Waals surface area contributed by atoms with Gasteiger partial charge in [-0.25, -0.2) is 0 Å². The maximum atomic E-state index is 0. The first-order valence-electron chi connectivity index (χ1n) is 0. The first-order chi connectivity index (χ1) is 0. The van der Waals surface area contributed by atoms with Crippen molar-refractivity contribution in [1.82, 2.24) is 0 Å². The molecule has 0 saturated carbocycles. The summed E-state index contributed by atoms with van der Waals surface area (Å²) in [7, 11) is 0. The van der Waals surface area contributed by atoms with Crippen LogP contribution in [0.15, 0.2) is 0 Å². The van der Waals surface area contributed by atoms with E-state index in [0.717, 1.165) is 0 Å². The summed E-state index contributed by atoms with van der Waals surface area (Å²) in [6, 6.07) is 0. The molecule has 0 bridgehead atoms. The molecule has 0 aromatic rings. The van der Waals surface area contributed by atoms with Gasteiger partial charge in [-0.2, -0.15) is 0 Å². The summed E-state index contributed by atoms with van der Waals surface area (Å²) in [4.78, 5) is 0. The topological polar surface area (TPSA) is 0 Å². The molecule has 0 rings (SSSR count). The van der Waals surface area contributed by atoms with Crippen LogP contribution in [0, 0.1) is 0 Å². The molecule has 4 heteroatoms. The zero-order valence-corrected chi connectivity index (χ0v) is 3.87. The number of hydrogen-bond acceptors (Lipinski definition) is 0. The summed E-state index contributed by atoms with van der Waals surface area (Å²) in [5.74, 6) is 0. The zero-order valence-electron chi connectivity index (χ0n) is 0.762. The van der Waals surface area contributed by atoms with Crippen molar-refractivity contribution in [2.24, 2.45) is 0 Å². The van der Waals surface area contributed by atoms with Crippen LogP contribution in [0.4, 0.5) is 0 Å². The minimum absolute atomic E-state index is 0. The smallest absolute Gasteiger partial charge is 0.0149 e. The second-order valence-corrected chi connectivity index (χ2v) is 0. The molecule has 26 valence electrons. The fourth-order valence-electron chi connectivity index (χ4n) is 0. The molecule has 0 aliphatic carbocycles. The van der Waals surface area contributed by atoms with Crippen LogP contribution < -0.4 is 0 Å². The average Bonchev–Trinajstić information content (AvgIpc) is 0. The molecule has 0 nitrogen and oxygen atoms in total. The van der Waals surface area contributed by atoms with Crippen LogP contribution >= 0.6 is 0 Å². The Morgan fingerprint density at radius 2 is 1.00 bits per heavy atom. The van der Waals surface area contributed by atoms with Crippen LogP contribution in [-0.2, 0) is 38.1 Å². The minimum atomic E-state index is 0. The summed E-state index contributed by atoms with van der Waals surface area (Å²) in [6.07, 6.45) is 0. The van der Waals surface area contributed by atoms with E-state index in [4.69, 9.17) is 0 Å². The largest absolute Gasteiger partial charge is 0.316 e. The van der Waals surface area contributed by atoms with Crippen LogP contribution in [0.25, 0.3) is 0 Å². The molecule has 0 radical (unpaired) electrons. The third kappa shape index (κ3) is 8.89. The Kier molecular flexibility index (Phi) is 165. The van der Waals surface area contributed by atoms with Gasteiger partial charge < -0.3 is 0 Å². The average molecular weight is 210 g/mol. The predicted octanol–water partition coefficient (Wildman–Crippen LogP) is -2.37. The van der Waals surface area contributed by atoms with Crippen molar-refractivity contribution in [3.8, 4) is 0 Å². The Bertz CT molecular complexity index is 8.00. The zero-order chi connectivity index (χ0) is 0. The molecule has 0 aliphatic heterocycles. The summed E-state index contributed by atoms with van der Waals surface area (Å²) in [5, 5.41) is 0. The molecular formula is H6FeMgMoSi. The molecular weight excluding hydrogens is 204 g/mol. The fraction of sp³-hybridized carbons (Fsp3) is 0. The summed E-state index contributed by atoms with van der Waals surface area (Å²) in [6.45, 7) is 0. The maximum Gasteiger partial charge on any atom is 0.316 e. The quantitative estimate of drug-likeness (QED) is 0.392. The van der Waals surface area contributed by atoms with E-state index in [1.165, 1.54) is 0 Å². The van der Waals surface area contributed by atoms with E-state index < -0.39 is 0 Å². The molecule has 0 aromatic carbocycles. The van der Waals surface area contributed by atoms with Gasteiger partial charge in [0.25, 0.3) is 0 Å². The van der Waals surface area contributed by atoms with Crippen molar-refractivity contribution < 1.29 is 38.1 Å². The minimum Gasteiger partial charge on any atom is -0.0149 e. The number of hydrogen-bond donors (Lipinski definition) is 0. The van der Waals surface area contributed by atoms with Gasteiger partial charge in [0.2, 0.25) is 0 Å². The van der Waals surface area contributed by atoms with Crippen molar-refractivity contribution >= 4 is 34.0 Å². The van der Waals surface area contributed by atoms with Gasteiger partial charge in [0, 0.05) is 38.1 Å². The summed E-state index contributed by atoms with van der Waals surface area (Å²) in [5.41, 5.74) is 0. The van der Waals surface area contributed by atoms with Gasteiger partial charge in [0.05, 0.1) is 0 Å². The molecule has 4 heavy (non-hydrogen) atoms. The Hall–Kier alpha value is 2.19. The molecule has 0 unspecified atom stereocenters. The molecule has 0 spiro atoms. The molecule has 0 saturated heterocycles. The second kappa shape index (κ2) is 19.0. The third-order valence-electron chi connectivity index (χ3n) is 0. The summed E-state index contributed by atoms with van der Waals surface area (Å²) >= 11 is 0. The van der Waals surface area contributed by atoms with E-state index >= 15 is 0 Å². The first kappa shape index (κ1) is 34.8. The standard InChI is InChI=1S/Fe.Mg.Mo.H4Si.2H/h;;;1H4;;. The van der Waals surface area contributed by atoms with Crippen LogP contribution in [0.3, 0.4) is 0 Å². The van der Waals surface area contributed by atoms with Gasteiger partial charge >= 0.3 is 23.1 Å². The van der Waals surface area contributed by atoms with Gasteiger partial charge in [0.1, 0.15) is 0 Å². The van der Waals surface area contributed by atoms with E-state index in [2.05, 4.69) is 0 Å². The Balaban J connectivity index is 0.